The molecule has 3 N–H and O–H groups in total. The molecule has 1 aromatic rings. The quantitative estimate of drug-likeness (QED) is 0.234. The van der Waals surface area contributed by atoms with Crippen LogP contribution in [0.4, 0.5) is 0 Å². The maximum absolute atomic E-state index is 8.94. The summed E-state index contributed by atoms with van der Waals surface area (Å²) >= 11 is 1.35. The number of hydrogen-bond acceptors (Lipinski definition) is 5. The topological polar surface area (TPSA) is 80.9 Å². The fourth-order valence-electron chi connectivity index (χ4n) is 0.136. The Morgan fingerprint density at radius 3 is 2.56 bits per heavy atom. The van der Waals surface area contributed by atoms with Crippen LogP contribution in [-0.2, 0) is 4.79 Å². The van der Waals surface area contributed by atoms with E-state index in [1.165, 1.54) is 11.5 Å². The Bertz CT molecular complexity index is 113. The minimum Gasteiger partial charge on any atom is -0.297 e. The minimum atomic E-state index is 0.403. The summed E-state index contributed by atoms with van der Waals surface area (Å²) in [6.45, 7) is 0. The maximum atomic E-state index is 8.94. The van der Waals surface area contributed by atoms with Crippen molar-refractivity contribution in [3.05, 3.63) is 11.6 Å². The van der Waals surface area contributed by atoms with E-state index < -0.39 is 0 Å². The van der Waals surface area contributed by atoms with E-state index in [1.807, 2.05) is 5.38 Å². The summed E-state index contributed by atoms with van der Waals surface area (Å²) in [6, 6.07) is 0. The molecule has 0 bridgehead atoms. The second kappa shape index (κ2) is 6.99. The molecule has 0 aliphatic carbocycles. The van der Waals surface area contributed by atoms with Gasteiger partial charge >= 0.3 is 0 Å². The van der Waals surface area contributed by atoms with Crippen LogP contribution in [0, 0.1) is 0 Å². The van der Waals surface area contributed by atoms with Gasteiger partial charge in [-0.15, -0.1) is 5.10 Å². The standard InChI is InChI=1S/C2H2N2S.CH4N2O/c1-2-5-4-3-1;2-3-1-4/h1-2H;1H,2H2,(H,3,4). The highest BCUT2D eigenvalue weighted by molar-refractivity contribution is 7.03. The van der Waals surface area contributed by atoms with Crippen LogP contribution in [0.5, 0.6) is 0 Å². The van der Waals surface area contributed by atoms with E-state index in [-0.39, 0.29) is 0 Å². The fourth-order valence-corrected chi connectivity index (χ4v) is 0.408. The molecule has 1 rings (SSSR count). The number of nitrogens with one attached hydrogen (secondary N) is 1. The first kappa shape index (κ1) is 7.99. The molecule has 0 atom stereocenters. The van der Waals surface area contributed by atoms with Crippen molar-refractivity contribution in [1.82, 2.24) is 15.0 Å². The van der Waals surface area contributed by atoms with Crippen molar-refractivity contribution < 1.29 is 4.79 Å². The van der Waals surface area contributed by atoms with E-state index in [0.717, 1.165) is 0 Å². The van der Waals surface area contributed by atoms with Crippen molar-refractivity contribution in [3.63, 3.8) is 0 Å². The summed E-state index contributed by atoms with van der Waals surface area (Å²) in [5.41, 5.74) is 1.75. The highest BCUT2D eigenvalue weighted by Gasteiger charge is 1.61. The zero-order valence-corrected chi connectivity index (χ0v) is 5.34. The van der Waals surface area contributed by atoms with Gasteiger partial charge in [0.2, 0.25) is 6.41 Å². The summed E-state index contributed by atoms with van der Waals surface area (Å²) in [5.74, 6) is 4.41. The fraction of sp³-hybridized carbons (Fsp3) is 0. The highest BCUT2D eigenvalue weighted by atomic mass is 32.1. The summed E-state index contributed by atoms with van der Waals surface area (Å²) in [7, 11) is 0. The molecule has 9 heavy (non-hydrogen) atoms. The number of carbonyl (C=O) groups excluding carboxylic acids is 1. The van der Waals surface area contributed by atoms with Crippen LogP contribution in [0.1, 0.15) is 0 Å². The van der Waals surface area contributed by atoms with Crippen LogP contribution < -0.4 is 11.3 Å². The third-order valence-electron chi connectivity index (χ3n) is 0.351. The van der Waals surface area contributed by atoms with Gasteiger partial charge < -0.3 is 0 Å². The molecule has 0 fully saturated rings. The molecule has 0 saturated carbocycles. The van der Waals surface area contributed by atoms with Crippen LogP contribution in [0.2, 0.25) is 0 Å². The molecule has 0 aromatic carbocycles. The van der Waals surface area contributed by atoms with E-state index in [0.29, 0.717) is 6.41 Å². The van der Waals surface area contributed by atoms with Crippen LogP contribution >= 0.6 is 11.5 Å². The second-order valence-electron chi connectivity index (χ2n) is 0.872. The van der Waals surface area contributed by atoms with Gasteiger partial charge in [-0.05, 0) is 11.5 Å². The third kappa shape index (κ3) is 6.99. The Morgan fingerprint density at radius 1 is 1.78 bits per heavy atom. The van der Waals surface area contributed by atoms with Gasteiger partial charge in [-0.2, -0.15) is 0 Å². The van der Waals surface area contributed by atoms with Gasteiger partial charge in [0.25, 0.3) is 0 Å². The predicted octanol–water partition coefficient (Wildman–Crippen LogP) is -0.856. The van der Waals surface area contributed by atoms with Crippen molar-refractivity contribution in [1.29, 1.82) is 0 Å². The van der Waals surface area contributed by atoms with Gasteiger partial charge in [0.1, 0.15) is 0 Å². The molecule has 6 heteroatoms. The average molecular weight is 146 g/mol. The van der Waals surface area contributed by atoms with E-state index in [2.05, 4.69) is 15.4 Å². The van der Waals surface area contributed by atoms with Crippen molar-refractivity contribution in [2.24, 2.45) is 5.84 Å². The van der Waals surface area contributed by atoms with Crippen molar-refractivity contribution in [3.8, 4) is 0 Å². The summed E-state index contributed by atoms with van der Waals surface area (Å²) in [4.78, 5) is 8.94. The predicted molar refractivity (Wildman–Crippen MR) is 33.3 cm³/mol. The normalized spacial score (nSPS) is 6.78. The lowest BCUT2D eigenvalue weighted by Crippen LogP contribution is -2.18. The van der Waals surface area contributed by atoms with Crippen molar-refractivity contribution in [2.75, 3.05) is 0 Å². The lowest BCUT2D eigenvalue weighted by Gasteiger charge is -1.66. The van der Waals surface area contributed by atoms with E-state index in [9.17, 15) is 0 Å². The number of hydrogen-bond donors (Lipinski definition) is 2. The Morgan fingerprint density at radius 2 is 2.44 bits per heavy atom. The first-order chi connectivity index (χ1) is 4.41. The molecule has 0 aliphatic heterocycles. The summed E-state index contributed by atoms with van der Waals surface area (Å²) in [5, 5.41) is 5.31. The molecule has 1 heterocycles. The maximum Gasteiger partial charge on any atom is 0.221 e. The number of hydrazine groups is 1. The molecule has 5 nitrogen and oxygen atoms in total. The third-order valence-corrected chi connectivity index (χ3v) is 0.783. The van der Waals surface area contributed by atoms with Gasteiger partial charge in [-0.1, -0.05) is 4.49 Å². The number of nitrogens with zero attached hydrogens (tertiary/aromatic N) is 2. The molecule has 50 valence electrons. The number of rotatable bonds is 1. The molecule has 0 aliphatic rings. The van der Waals surface area contributed by atoms with E-state index >= 15 is 0 Å². The lowest BCUT2D eigenvalue weighted by atomic mass is 11.1. The Labute approximate surface area is 56.0 Å². The molecule has 1 amide bonds. The van der Waals surface area contributed by atoms with Gasteiger partial charge in [-0.25, -0.2) is 5.84 Å². The Hall–Kier alpha value is -1.01. The van der Waals surface area contributed by atoms with Gasteiger partial charge in [0, 0.05) is 5.38 Å². The molecular formula is C3H6N4OS. The van der Waals surface area contributed by atoms with E-state index in [4.69, 9.17) is 4.79 Å². The second-order valence-corrected chi connectivity index (χ2v) is 1.52. The number of aromatic nitrogens is 2. The number of nitrogens with two attached hydrogens (primary N) is 1. The van der Waals surface area contributed by atoms with Crippen molar-refractivity contribution in [2.45, 2.75) is 0 Å². The van der Waals surface area contributed by atoms with Gasteiger partial charge in [0.05, 0.1) is 6.20 Å². The molecule has 0 radical (unpaired) electrons. The molecule has 0 spiro atoms. The van der Waals surface area contributed by atoms with Crippen molar-refractivity contribution >= 4 is 17.9 Å². The van der Waals surface area contributed by atoms with Crippen LogP contribution in [0.15, 0.2) is 11.6 Å². The first-order valence-corrected chi connectivity index (χ1v) is 2.86. The number of amides is 1. The highest BCUT2D eigenvalue weighted by Crippen LogP contribution is 1.78. The summed E-state index contributed by atoms with van der Waals surface area (Å²) < 4.78 is 3.51. The summed E-state index contributed by atoms with van der Waals surface area (Å²) in [6.07, 6.45) is 2.06. The Kier molecular flexibility index (Phi) is 6.21. The van der Waals surface area contributed by atoms with E-state index in [1.54, 1.807) is 11.6 Å². The largest absolute Gasteiger partial charge is 0.297 e. The zero-order chi connectivity index (χ0) is 6.95. The smallest absolute Gasteiger partial charge is 0.221 e. The molecule has 0 saturated heterocycles. The SMILES string of the molecule is NNC=O.c1csnn1. The lowest BCUT2D eigenvalue weighted by molar-refractivity contribution is -0.109. The number of carbonyl (C=O) groups is 1. The monoisotopic (exact) mass is 146 g/mol. The molecule has 1 aromatic heterocycles. The van der Waals surface area contributed by atoms with Crippen LogP contribution in [-0.4, -0.2) is 16.0 Å². The zero-order valence-electron chi connectivity index (χ0n) is 4.52. The molecular weight excluding hydrogens is 140 g/mol. The van der Waals surface area contributed by atoms with Crippen LogP contribution in [0.3, 0.4) is 0 Å². The molecule has 0 unspecified atom stereocenters. The minimum absolute atomic E-state index is 0.403. The first-order valence-electron chi connectivity index (χ1n) is 2.02. The van der Waals surface area contributed by atoms with Gasteiger partial charge in [-0.3, -0.25) is 10.2 Å². The van der Waals surface area contributed by atoms with Gasteiger partial charge in [0.15, 0.2) is 0 Å². The average Bonchev–Trinajstić information content (AvgIpc) is 2.43. The Balaban J connectivity index is 0.000000148. The van der Waals surface area contributed by atoms with Crippen LogP contribution in [0.25, 0.3) is 0 Å².